The molecule has 1 radical (unpaired) electrons. The number of rotatable bonds is 11. The molecule has 0 aliphatic rings. The van der Waals surface area contributed by atoms with Crippen LogP contribution in [0.2, 0.25) is 6.04 Å². The lowest BCUT2D eigenvalue weighted by atomic mass is 9.95. The van der Waals surface area contributed by atoms with Crippen LogP contribution in [0, 0.1) is 0 Å². The van der Waals surface area contributed by atoms with Crippen LogP contribution in [-0.4, -0.2) is 26.6 Å². The van der Waals surface area contributed by atoms with Gasteiger partial charge in [0.15, 0.2) is 0 Å². The van der Waals surface area contributed by atoms with Gasteiger partial charge < -0.3 is 14.0 Å². The van der Waals surface area contributed by atoms with E-state index in [4.69, 9.17) is 8.85 Å². The van der Waals surface area contributed by atoms with Crippen LogP contribution in [0.4, 0.5) is 0 Å². The summed E-state index contributed by atoms with van der Waals surface area (Å²) in [5, 5.41) is 10.0. The maximum absolute atomic E-state index is 10.0. The number of hydrogen-bond acceptors (Lipinski definition) is 3. The van der Waals surface area contributed by atoms with Crippen LogP contribution in [0.25, 0.3) is 11.1 Å². The van der Waals surface area contributed by atoms with Gasteiger partial charge in [0, 0.05) is 12.2 Å². The first-order valence-electron chi connectivity index (χ1n) is 10.5. The van der Waals surface area contributed by atoms with Crippen molar-refractivity contribution in [1.29, 1.82) is 0 Å². The van der Waals surface area contributed by atoms with Gasteiger partial charge >= 0.3 is 9.28 Å². The molecule has 2 aromatic carbocycles. The van der Waals surface area contributed by atoms with Crippen molar-refractivity contribution in [3.63, 3.8) is 0 Å². The smallest absolute Gasteiger partial charge is 0.385 e. The Bertz CT molecular complexity index is 700. The summed E-state index contributed by atoms with van der Waals surface area (Å²) in [5.74, 6) is 0.323. The second-order valence-electron chi connectivity index (χ2n) is 7.85. The number of phenolic OH excluding ortho intramolecular Hbond substituents is 1. The lowest BCUT2D eigenvalue weighted by Crippen LogP contribution is -2.29. The number of hydrogen-bond donors (Lipinski definition) is 1. The van der Waals surface area contributed by atoms with Crippen LogP contribution in [-0.2, 0) is 21.7 Å². The number of phenols is 1. The first kappa shape index (κ1) is 22.7. The second kappa shape index (κ2) is 11.4. The van der Waals surface area contributed by atoms with Crippen molar-refractivity contribution in [2.24, 2.45) is 0 Å². The van der Waals surface area contributed by atoms with Crippen molar-refractivity contribution in [2.45, 2.75) is 78.6 Å². The molecule has 2 aromatic rings. The Hall–Kier alpha value is -1.62. The van der Waals surface area contributed by atoms with E-state index >= 15 is 0 Å². The number of aryl methyl sites for hydroxylation is 2. The van der Waals surface area contributed by atoms with Gasteiger partial charge in [-0.05, 0) is 87.4 Å². The van der Waals surface area contributed by atoms with Crippen molar-refractivity contribution in [1.82, 2.24) is 0 Å². The summed E-state index contributed by atoms with van der Waals surface area (Å²) < 4.78 is 12.0. The van der Waals surface area contributed by atoms with Gasteiger partial charge in [-0.15, -0.1) is 0 Å². The molecular weight excluding hydrogens is 364 g/mol. The molecule has 1 N–H and O–H groups in total. The van der Waals surface area contributed by atoms with Crippen molar-refractivity contribution < 1.29 is 14.0 Å². The quantitative estimate of drug-likeness (QED) is 0.452. The van der Waals surface area contributed by atoms with Crippen molar-refractivity contribution in [3.05, 3.63) is 53.6 Å². The fourth-order valence-electron chi connectivity index (χ4n) is 3.30. The highest BCUT2D eigenvalue weighted by Gasteiger charge is 2.19. The zero-order valence-electron chi connectivity index (χ0n) is 18.0. The molecule has 153 valence electrons. The van der Waals surface area contributed by atoms with E-state index in [0.29, 0.717) is 5.75 Å². The molecule has 0 saturated carbocycles. The van der Waals surface area contributed by atoms with Gasteiger partial charge in [-0.25, -0.2) is 0 Å². The van der Waals surface area contributed by atoms with E-state index in [1.54, 1.807) is 6.07 Å². The van der Waals surface area contributed by atoms with Gasteiger partial charge in [-0.2, -0.15) is 0 Å². The molecule has 0 fully saturated rings. The van der Waals surface area contributed by atoms with Crippen LogP contribution in [0.15, 0.2) is 42.5 Å². The standard InChI is InChI=1S/C24H35O3Si/c1-6-8-20-10-12-21(13-11-20)24-15-14-23(25)17-22(24)9-7-16-28(26-18(2)3)27-19(4)5/h10-15,17-19,25H,6-9,16H2,1-5H3. The van der Waals surface area contributed by atoms with Gasteiger partial charge in [-0.1, -0.05) is 43.7 Å². The first-order chi connectivity index (χ1) is 13.4. The predicted octanol–water partition coefficient (Wildman–Crippen LogP) is 6.28. The van der Waals surface area contributed by atoms with Crippen LogP contribution in [0.1, 0.15) is 58.6 Å². The Morgan fingerprint density at radius 3 is 2.11 bits per heavy atom. The molecular formula is C24H35O3Si. The molecule has 0 bridgehead atoms. The monoisotopic (exact) mass is 399 g/mol. The molecule has 4 heteroatoms. The average Bonchev–Trinajstić information content (AvgIpc) is 2.62. The van der Waals surface area contributed by atoms with Crippen molar-refractivity contribution in [2.75, 3.05) is 0 Å². The molecule has 0 saturated heterocycles. The third-order valence-corrected chi connectivity index (χ3v) is 6.68. The molecule has 0 aromatic heterocycles. The first-order valence-corrected chi connectivity index (χ1v) is 12.0. The molecule has 0 atom stereocenters. The summed E-state index contributed by atoms with van der Waals surface area (Å²) in [7, 11) is -1.27. The molecule has 0 heterocycles. The van der Waals surface area contributed by atoms with Crippen LogP contribution >= 0.6 is 0 Å². The van der Waals surface area contributed by atoms with E-state index in [0.717, 1.165) is 31.7 Å². The number of benzene rings is 2. The van der Waals surface area contributed by atoms with Gasteiger partial charge in [-0.3, -0.25) is 0 Å². The normalized spacial score (nSPS) is 11.7. The highest BCUT2D eigenvalue weighted by molar-refractivity contribution is 6.44. The SMILES string of the molecule is CCCc1ccc(-c2ccc(O)cc2CCC[Si](OC(C)C)OC(C)C)cc1. The van der Waals surface area contributed by atoms with E-state index in [9.17, 15) is 5.11 Å². The van der Waals surface area contributed by atoms with Gasteiger partial charge in [0.05, 0.1) is 0 Å². The number of aromatic hydroxyl groups is 1. The fraction of sp³-hybridized carbons (Fsp3) is 0.500. The average molecular weight is 400 g/mol. The third-order valence-electron chi connectivity index (χ3n) is 4.45. The summed E-state index contributed by atoms with van der Waals surface area (Å²) in [5.41, 5.74) is 4.95. The molecule has 2 rings (SSSR count). The van der Waals surface area contributed by atoms with E-state index in [1.807, 2.05) is 12.1 Å². The Morgan fingerprint density at radius 1 is 0.893 bits per heavy atom. The van der Waals surface area contributed by atoms with E-state index in [2.05, 4.69) is 58.9 Å². The zero-order chi connectivity index (χ0) is 20.5. The second-order valence-corrected chi connectivity index (χ2v) is 9.56. The molecule has 0 unspecified atom stereocenters. The van der Waals surface area contributed by atoms with Crippen LogP contribution < -0.4 is 0 Å². The summed E-state index contributed by atoms with van der Waals surface area (Å²) in [6, 6.07) is 15.4. The highest BCUT2D eigenvalue weighted by Crippen LogP contribution is 2.29. The molecule has 0 aliphatic carbocycles. The Morgan fingerprint density at radius 2 is 1.54 bits per heavy atom. The predicted molar refractivity (Wildman–Crippen MR) is 119 cm³/mol. The maximum atomic E-state index is 10.0. The molecule has 0 amide bonds. The summed E-state index contributed by atoms with van der Waals surface area (Å²) in [6.07, 6.45) is 4.52. The van der Waals surface area contributed by atoms with E-state index < -0.39 is 9.28 Å². The Labute approximate surface area is 172 Å². The minimum Gasteiger partial charge on any atom is -0.508 e. The summed E-state index contributed by atoms with van der Waals surface area (Å²) in [6.45, 7) is 10.4. The largest absolute Gasteiger partial charge is 0.508 e. The maximum Gasteiger partial charge on any atom is 0.385 e. The molecule has 3 nitrogen and oxygen atoms in total. The molecule has 28 heavy (non-hydrogen) atoms. The minimum absolute atomic E-state index is 0.186. The van der Waals surface area contributed by atoms with Crippen molar-refractivity contribution >= 4 is 9.28 Å². The third kappa shape index (κ3) is 7.42. The summed E-state index contributed by atoms with van der Waals surface area (Å²) in [4.78, 5) is 0. The van der Waals surface area contributed by atoms with Crippen LogP contribution in [0.5, 0.6) is 5.75 Å². The fourth-order valence-corrected chi connectivity index (χ4v) is 5.11. The van der Waals surface area contributed by atoms with Crippen molar-refractivity contribution in [3.8, 4) is 16.9 Å². The van der Waals surface area contributed by atoms with Crippen LogP contribution in [0.3, 0.4) is 0 Å². The van der Waals surface area contributed by atoms with Gasteiger partial charge in [0.1, 0.15) is 5.75 Å². The Balaban J connectivity index is 2.09. The lowest BCUT2D eigenvalue weighted by Gasteiger charge is -2.20. The van der Waals surface area contributed by atoms with Gasteiger partial charge in [0.2, 0.25) is 0 Å². The molecule has 0 aliphatic heterocycles. The minimum atomic E-state index is -1.27. The highest BCUT2D eigenvalue weighted by atomic mass is 28.3. The van der Waals surface area contributed by atoms with E-state index in [1.165, 1.54) is 22.3 Å². The van der Waals surface area contributed by atoms with Gasteiger partial charge in [0.25, 0.3) is 0 Å². The topological polar surface area (TPSA) is 38.7 Å². The molecule has 0 spiro atoms. The summed E-state index contributed by atoms with van der Waals surface area (Å²) >= 11 is 0. The Kier molecular flexibility index (Phi) is 9.22. The van der Waals surface area contributed by atoms with E-state index in [-0.39, 0.29) is 12.2 Å². The zero-order valence-corrected chi connectivity index (χ0v) is 19.0. The lowest BCUT2D eigenvalue weighted by molar-refractivity contribution is 0.129.